The van der Waals surface area contributed by atoms with Gasteiger partial charge < -0.3 is 15.4 Å². The van der Waals surface area contributed by atoms with E-state index >= 15 is 0 Å². The van der Waals surface area contributed by atoms with Gasteiger partial charge >= 0.3 is 6.03 Å². The molecule has 2 saturated carbocycles. The molecule has 2 aliphatic carbocycles. The Morgan fingerprint density at radius 3 is 2.00 bits per heavy atom. The number of nitrogens with one attached hydrogen (secondary N) is 2. The van der Waals surface area contributed by atoms with Crippen molar-refractivity contribution in [3.8, 4) is 0 Å². The maximum absolute atomic E-state index is 12.9. The Morgan fingerprint density at radius 2 is 1.50 bits per heavy atom. The number of carbonyl (C=O) groups excluding carboxylic acids is 4. The van der Waals surface area contributed by atoms with Crippen molar-refractivity contribution in [2.75, 3.05) is 6.54 Å². The second kappa shape index (κ2) is 9.52. The van der Waals surface area contributed by atoms with E-state index in [1.807, 2.05) is 20.8 Å². The van der Waals surface area contributed by atoms with Gasteiger partial charge in [0.1, 0.15) is 6.29 Å². The minimum atomic E-state index is -0.552. The lowest BCUT2D eigenvalue weighted by atomic mass is 9.71. The number of hydrogen-bond donors (Lipinski definition) is 2. The summed E-state index contributed by atoms with van der Waals surface area (Å²) >= 11 is 0. The fraction of sp³-hybridized carbons (Fsp3) is 0.840. The van der Waals surface area contributed by atoms with E-state index in [0.29, 0.717) is 12.8 Å². The first-order valence-electron chi connectivity index (χ1n) is 12.3. The van der Waals surface area contributed by atoms with Crippen molar-refractivity contribution in [1.82, 2.24) is 15.5 Å². The Labute approximate surface area is 192 Å². The van der Waals surface area contributed by atoms with Crippen molar-refractivity contribution in [2.45, 2.75) is 110 Å². The lowest BCUT2D eigenvalue weighted by Gasteiger charge is -2.41. The molecule has 0 unspecified atom stereocenters. The third kappa shape index (κ3) is 5.52. The molecule has 0 radical (unpaired) electrons. The van der Waals surface area contributed by atoms with Crippen LogP contribution >= 0.6 is 0 Å². The van der Waals surface area contributed by atoms with Crippen LogP contribution in [-0.4, -0.2) is 47.7 Å². The third-order valence-corrected chi connectivity index (χ3v) is 8.20. The number of aldehydes is 1. The predicted molar refractivity (Wildman–Crippen MR) is 123 cm³/mol. The second-order valence-electron chi connectivity index (χ2n) is 11.8. The van der Waals surface area contributed by atoms with Crippen LogP contribution in [0.25, 0.3) is 0 Å². The zero-order valence-electron chi connectivity index (χ0n) is 20.3. The number of rotatable bonds is 6. The molecule has 3 rings (SSSR count). The fourth-order valence-corrected chi connectivity index (χ4v) is 5.82. The Hall–Kier alpha value is -1.92. The average Bonchev–Trinajstić information content (AvgIpc) is 3.14. The molecule has 7 heteroatoms. The van der Waals surface area contributed by atoms with E-state index in [0.717, 1.165) is 57.7 Å². The molecule has 1 aliphatic heterocycles. The Bertz CT molecular complexity index is 710. The van der Waals surface area contributed by atoms with E-state index in [1.54, 1.807) is 0 Å². The van der Waals surface area contributed by atoms with Gasteiger partial charge in [0.25, 0.3) is 0 Å². The Kier molecular flexibility index (Phi) is 7.35. The van der Waals surface area contributed by atoms with Crippen molar-refractivity contribution in [3.05, 3.63) is 0 Å². The maximum atomic E-state index is 12.9. The zero-order chi connectivity index (χ0) is 23.6. The molecule has 0 aromatic heterocycles. The van der Waals surface area contributed by atoms with Gasteiger partial charge in [-0.15, -0.1) is 0 Å². The number of likely N-dealkylation sites (tertiary alicyclic amines) is 1. The number of hydrogen-bond acceptors (Lipinski definition) is 4. The van der Waals surface area contributed by atoms with Crippen molar-refractivity contribution in [1.29, 1.82) is 0 Å². The number of nitrogens with zero attached hydrogens (tertiary/aromatic N) is 1. The normalized spacial score (nSPS) is 24.8. The van der Waals surface area contributed by atoms with Crippen LogP contribution in [0.2, 0.25) is 0 Å². The molecule has 3 aliphatic rings. The number of urea groups is 1. The smallest absolute Gasteiger partial charge is 0.315 e. The molecule has 4 amide bonds. The second-order valence-corrected chi connectivity index (χ2v) is 11.8. The summed E-state index contributed by atoms with van der Waals surface area (Å²) in [5.74, 6) is -0.250. The quantitative estimate of drug-likeness (QED) is 0.476. The van der Waals surface area contributed by atoms with E-state index in [1.165, 1.54) is 11.3 Å². The first-order chi connectivity index (χ1) is 15.0. The maximum Gasteiger partial charge on any atom is 0.315 e. The monoisotopic (exact) mass is 447 g/mol. The largest absolute Gasteiger partial charge is 0.333 e. The molecule has 180 valence electrons. The summed E-state index contributed by atoms with van der Waals surface area (Å²) in [6, 6.07) is -1.39. The van der Waals surface area contributed by atoms with Gasteiger partial charge in [-0.05, 0) is 41.9 Å². The third-order valence-electron chi connectivity index (χ3n) is 8.20. The van der Waals surface area contributed by atoms with E-state index in [2.05, 4.69) is 17.6 Å². The molecule has 1 spiro atoms. The highest BCUT2D eigenvalue weighted by molar-refractivity contribution is 5.98. The summed E-state index contributed by atoms with van der Waals surface area (Å²) in [6.45, 7) is 8.17. The zero-order valence-corrected chi connectivity index (χ0v) is 20.3. The van der Waals surface area contributed by atoms with Crippen LogP contribution < -0.4 is 10.6 Å². The lowest BCUT2D eigenvalue weighted by molar-refractivity contribution is -0.154. The van der Waals surface area contributed by atoms with Crippen molar-refractivity contribution < 1.29 is 19.2 Å². The summed E-state index contributed by atoms with van der Waals surface area (Å²) in [4.78, 5) is 51.9. The van der Waals surface area contributed by atoms with E-state index < -0.39 is 18.1 Å². The molecule has 2 N–H and O–H groups in total. The highest BCUT2D eigenvalue weighted by Gasteiger charge is 2.46. The first-order valence-corrected chi connectivity index (χ1v) is 12.3. The van der Waals surface area contributed by atoms with Crippen LogP contribution in [0.15, 0.2) is 0 Å². The highest BCUT2D eigenvalue weighted by Crippen LogP contribution is 2.47. The number of imide groups is 1. The summed E-state index contributed by atoms with van der Waals surface area (Å²) < 4.78 is 0. The van der Waals surface area contributed by atoms with Gasteiger partial charge in [0, 0.05) is 19.4 Å². The minimum absolute atomic E-state index is 0.125. The molecule has 32 heavy (non-hydrogen) atoms. The molecular weight excluding hydrogens is 406 g/mol. The molecular formula is C25H41N3O4. The molecule has 2 atom stereocenters. The summed E-state index contributed by atoms with van der Waals surface area (Å²) in [6.07, 6.45) is 10.9. The standard InChI is InChI=1S/C25H41N3O4/c1-23(2,3)18(16-28-20(30)14-25(15-21(28)31)12-8-9-13-25)26-22(32)27-19(17-29)24(4)10-6-5-7-11-24/h17-19H,5-16H2,1-4H3,(H2,26,27,32)/t18-,19-/m1/s1. The molecule has 0 bridgehead atoms. The Morgan fingerprint density at radius 1 is 0.969 bits per heavy atom. The number of carbonyl (C=O) groups is 4. The average molecular weight is 448 g/mol. The van der Waals surface area contributed by atoms with Crippen molar-refractivity contribution in [3.63, 3.8) is 0 Å². The van der Waals surface area contributed by atoms with Gasteiger partial charge in [-0.3, -0.25) is 14.5 Å². The molecule has 1 heterocycles. The van der Waals surface area contributed by atoms with Crippen LogP contribution in [0.3, 0.4) is 0 Å². The first kappa shape index (κ1) is 24.7. The summed E-state index contributed by atoms with van der Waals surface area (Å²) in [7, 11) is 0. The SMILES string of the molecule is CC(C)(C)[C@@H](CN1C(=O)CC2(CCCC2)CC1=O)NC(=O)N[C@H](C=O)C1(C)CCCCC1. The fourth-order valence-electron chi connectivity index (χ4n) is 5.82. The summed E-state index contributed by atoms with van der Waals surface area (Å²) in [5, 5.41) is 5.84. The molecule has 7 nitrogen and oxygen atoms in total. The van der Waals surface area contributed by atoms with Crippen LogP contribution in [0.5, 0.6) is 0 Å². The van der Waals surface area contributed by atoms with Gasteiger partial charge in [0.2, 0.25) is 11.8 Å². The Balaban J connectivity index is 1.65. The molecule has 0 aromatic carbocycles. The van der Waals surface area contributed by atoms with Crippen molar-refractivity contribution in [2.24, 2.45) is 16.2 Å². The van der Waals surface area contributed by atoms with Gasteiger partial charge in [0.05, 0.1) is 12.1 Å². The number of piperidine rings is 1. The van der Waals surface area contributed by atoms with Crippen LogP contribution in [-0.2, 0) is 14.4 Å². The predicted octanol–water partition coefficient (Wildman–Crippen LogP) is 3.95. The van der Waals surface area contributed by atoms with E-state index in [4.69, 9.17) is 0 Å². The van der Waals surface area contributed by atoms with Gasteiger partial charge in [-0.25, -0.2) is 4.79 Å². The van der Waals surface area contributed by atoms with Crippen LogP contribution in [0.1, 0.15) is 98.3 Å². The highest BCUT2D eigenvalue weighted by atomic mass is 16.2. The topological polar surface area (TPSA) is 95.6 Å². The van der Waals surface area contributed by atoms with Gasteiger partial charge in [0.15, 0.2) is 0 Å². The lowest BCUT2D eigenvalue weighted by Crippen LogP contribution is -2.59. The van der Waals surface area contributed by atoms with E-state index in [-0.39, 0.29) is 34.6 Å². The molecule has 0 aromatic rings. The van der Waals surface area contributed by atoms with E-state index in [9.17, 15) is 19.2 Å². The van der Waals surface area contributed by atoms with Crippen LogP contribution in [0, 0.1) is 16.2 Å². The molecule has 3 fully saturated rings. The minimum Gasteiger partial charge on any atom is -0.333 e. The van der Waals surface area contributed by atoms with Gasteiger partial charge in [-0.1, -0.05) is 59.8 Å². The number of amides is 4. The van der Waals surface area contributed by atoms with Gasteiger partial charge in [-0.2, -0.15) is 0 Å². The molecule has 1 saturated heterocycles. The van der Waals surface area contributed by atoms with Crippen molar-refractivity contribution >= 4 is 24.1 Å². The summed E-state index contributed by atoms with van der Waals surface area (Å²) in [5.41, 5.74) is -0.742. The van der Waals surface area contributed by atoms with Crippen LogP contribution in [0.4, 0.5) is 4.79 Å².